The molecule has 6 heteroatoms. The van der Waals surface area contributed by atoms with E-state index in [4.69, 9.17) is 5.73 Å². The molecular weight excluding hydrogens is 348 g/mol. The summed E-state index contributed by atoms with van der Waals surface area (Å²) in [4.78, 5) is 26.5. The summed E-state index contributed by atoms with van der Waals surface area (Å²) in [5.74, 6) is -0.0582. The largest absolute Gasteiger partial charge is 0.508 e. The van der Waals surface area contributed by atoms with Crippen LogP contribution in [0.2, 0.25) is 0 Å². The van der Waals surface area contributed by atoms with Crippen LogP contribution >= 0.6 is 11.8 Å². The number of carbonyl (C=O) groups excluding carboxylic acids is 2. The van der Waals surface area contributed by atoms with Gasteiger partial charge in [-0.1, -0.05) is 30.3 Å². The van der Waals surface area contributed by atoms with Crippen molar-refractivity contribution >= 4 is 29.1 Å². The minimum atomic E-state index is -0.406. The zero-order valence-electron chi connectivity index (χ0n) is 14.2. The lowest BCUT2D eigenvalue weighted by molar-refractivity contribution is -0.115. The number of hydrogen-bond donors (Lipinski definition) is 2. The number of nitrogens with zero attached hydrogens (tertiary/aromatic N) is 1. The zero-order chi connectivity index (χ0) is 18.5. The summed E-state index contributed by atoms with van der Waals surface area (Å²) in [5, 5.41) is 9.40. The van der Waals surface area contributed by atoms with Crippen LogP contribution in [0.3, 0.4) is 0 Å². The Labute approximate surface area is 156 Å². The summed E-state index contributed by atoms with van der Waals surface area (Å²) in [7, 11) is 0. The molecule has 26 heavy (non-hydrogen) atoms. The second-order valence-corrected chi connectivity index (χ2v) is 7.05. The van der Waals surface area contributed by atoms with Crippen molar-refractivity contribution in [1.29, 1.82) is 0 Å². The van der Waals surface area contributed by atoms with E-state index >= 15 is 0 Å². The molecule has 0 aliphatic carbocycles. The molecule has 0 fully saturated rings. The molecule has 134 valence electrons. The van der Waals surface area contributed by atoms with Crippen LogP contribution in [0.4, 0.5) is 0 Å². The third-order valence-electron chi connectivity index (χ3n) is 4.22. The molecule has 1 aliphatic heterocycles. The third-order valence-corrected chi connectivity index (χ3v) is 5.32. The first-order valence-electron chi connectivity index (χ1n) is 8.32. The standard InChI is InChI=1S/C20H20N2O3S/c21-19(24)13-26-18-4-2-1-3-17(18)20(25)22-11-9-15(10-12-22)14-5-7-16(23)8-6-14/h1-9,23H,10-13H2,(H2,21,24). The average molecular weight is 368 g/mol. The van der Waals surface area contributed by atoms with Crippen LogP contribution < -0.4 is 5.73 Å². The Kier molecular flexibility index (Phi) is 5.63. The Hall–Kier alpha value is -2.73. The fourth-order valence-corrected chi connectivity index (χ4v) is 3.66. The summed E-state index contributed by atoms with van der Waals surface area (Å²) in [6, 6.07) is 14.4. The van der Waals surface area contributed by atoms with Crippen molar-refractivity contribution in [2.45, 2.75) is 11.3 Å². The molecule has 0 radical (unpaired) electrons. The van der Waals surface area contributed by atoms with Crippen molar-refractivity contribution in [2.24, 2.45) is 5.73 Å². The molecule has 1 heterocycles. The van der Waals surface area contributed by atoms with E-state index in [1.54, 1.807) is 23.1 Å². The van der Waals surface area contributed by atoms with Gasteiger partial charge in [-0.2, -0.15) is 0 Å². The van der Waals surface area contributed by atoms with Crippen molar-refractivity contribution in [3.05, 3.63) is 65.7 Å². The summed E-state index contributed by atoms with van der Waals surface area (Å²) in [5.41, 5.74) is 8.04. The van der Waals surface area contributed by atoms with Gasteiger partial charge in [-0.3, -0.25) is 9.59 Å². The van der Waals surface area contributed by atoms with Crippen LogP contribution in [-0.2, 0) is 4.79 Å². The molecule has 3 N–H and O–H groups in total. The Bertz CT molecular complexity index is 846. The molecule has 0 atom stereocenters. The van der Waals surface area contributed by atoms with E-state index in [-0.39, 0.29) is 17.4 Å². The van der Waals surface area contributed by atoms with Gasteiger partial charge in [0.25, 0.3) is 5.91 Å². The number of aromatic hydroxyl groups is 1. The van der Waals surface area contributed by atoms with E-state index in [1.807, 2.05) is 36.4 Å². The third kappa shape index (κ3) is 4.26. The average Bonchev–Trinajstić information content (AvgIpc) is 2.67. The molecule has 0 bridgehead atoms. The quantitative estimate of drug-likeness (QED) is 0.795. The van der Waals surface area contributed by atoms with Gasteiger partial charge in [0.1, 0.15) is 5.75 Å². The molecule has 0 saturated heterocycles. The molecule has 5 nitrogen and oxygen atoms in total. The molecule has 0 aromatic heterocycles. The van der Waals surface area contributed by atoms with Gasteiger partial charge >= 0.3 is 0 Å². The summed E-state index contributed by atoms with van der Waals surface area (Å²) < 4.78 is 0. The number of phenols is 1. The van der Waals surface area contributed by atoms with Gasteiger partial charge in [0.2, 0.25) is 5.91 Å². The number of primary amides is 1. The Morgan fingerprint density at radius 2 is 1.85 bits per heavy atom. The number of hydrogen-bond acceptors (Lipinski definition) is 4. The molecular formula is C20H20N2O3S. The highest BCUT2D eigenvalue weighted by molar-refractivity contribution is 8.00. The molecule has 2 amide bonds. The summed E-state index contributed by atoms with van der Waals surface area (Å²) >= 11 is 1.29. The van der Waals surface area contributed by atoms with E-state index in [0.29, 0.717) is 18.7 Å². The zero-order valence-corrected chi connectivity index (χ0v) is 15.0. The van der Waals surface area contributed by atoms with Crippen molar-refractivity contribution in [3.63, 3.8) is 0 Å². The minimum absolute atomic E-state index is 0.0430. The smallest absolute Gasteiger partial charge is 0.255 e. The van der Waals surface area contributed by atoms with Crippen LogP contribution in [0, 0.1) is 0 Å². The Morgan fingerprint density at radius 3 is 2.50 bits per heavy atom. The lowest BCUT2D eigenvalue weighted by Crippen LogP contribution is -2.35. The molecule has 1 aliphatic rings. The van der Waals surface area contributed by atoms with Crippen molar-refractivity contribution in [1.82, 2.24) is 4.90 Å². The number of carbonyl (C=O) groups is 2. The molecule has 2 aromatic rings. The first-order chi connectivity index (χ1) is 12.5. The second kappa shape index (κ2) is 8.10. The van der Waals surface area contributed by atoms with Crippen LogP contribution in [0.5, 0.6) is 5.75 Å². The highest BCUT2D eigenvalue weighted by Crippen LogP contribution is 2.27. The number of amides is 2. The van der Waals surface area contributed by atoms with Gasteiger partial charge in [0, 0.05) is 18.0 Å². The van der Waals surface area contributed by atoms with E-state index in [2.05, 4.69) is 0 Å². The summed E-state index contributed by atoms with van der Waals surface area (Å²) in [6.45, 7) is 1.16. The number of phenolic OH excluding ortho intramolecular Hbond substituents is 1. The van der Waals surface area contributed by atoms with Gasteiger partial charge in [0.15, 0.2) is 0 Å². The first-order valence-corrected chi connectivity index (χ1v) is 9.31. The number of nitrogens with two attached hydrogens (primary N) is 1. The van der Waals surface area contributed by atoms with E-state index in [9.17, 15) is 14.7 Å². The lowest BCUT2D eigenvalue weighted by atomic mass is 9.99. The predicted molar refractivity (Wildman–Crippen MR) is 103 cm³/mol. The second-order valence-electron chi connectivity index (χ2n) is 6.03. The Morgan fingerprint density at radius 1 is 1.12 bits per heavy atom. The van der Waals surface area contributed by atoms with E-state index in [0.717, 1.165) is 16.9 Å². The van der Waals surface area contributed by atoms with Crippen molar-refractivity contribution < 1.29 is 14.7 Å². The SMILES string of the molecule is NC(=O)CSc1ccccc1C(=O)N1CC=C(c2ccc(O)cc2)CC1. The number of benzene rings is 2. The number of thioether (sulfide) groups is 1. The molecule has 2 aromatic carbocycles. The topological polar surface area (TPSA) is 83.6 Å². The highest BCUT2D eigenvalue weighted by atomic mass is 32.2. The van der Waals surface area contributed by atoms with Crippen molar-refractivity contribution in [2.75, 3.05) is 18.8 Å². The maximum atomic E-state index is 12.9. The van der Waals surface area contributed by atoms with Gasteiger partial charge in [-0.05, 0) is 41.8 Å². The summed E-state index contributed by atoms with van der Waals surface area (Å²) in [6.07, 6.45) is 2.81. The fourth-order valence-electron chi connectivity index (χ4n) is 2.88. The fraction of sp³-hybridized carbons (Fsp3) is 0.200. The maximum absolute atomic E-state index is 12.9. The van der Waals surface area contributed by atoms with E-state index < -0.39 is 5.91 Å². The van der Waals surface area contributed by atoms with Crippen LogP contribution in [0.25, 0.3) is 5.57 Å². The Balaban J connectivity index is 1.72. The lowest BCUT2D eigenvalue weighted by Gasteiger charge is -2.27. The van der Waals surface area contributed by atoms with Crippen LogP contribution in [-0.4, -0.2) is 40.7 Å². The first kappa shape index (κ1) is 18.1. The number of rotatable bonds is 5. The molecule has 0 spiro atoms. The molecule has 3 rings (SSSR count). The van der Waals surface area contributed by atoms with Crippen molar-refractivity contribution in [3.8, 4) is 5.75 Å². The normalized spacial score (nSPS) is 14.0. The monoisotopic (exact) mass is 368 g/mol. The van der Waals surface area contributed by atoms with Gasteiger partial charge in [0.05, 0.1) is 11.3 Å². The maximum Gasteiger partial charge on any atom is 0.255 e. The highest BCUT2D eigenvalue weighted by Gasteiger charge is 2.21. The van der Waals surface area contributed by atoms with Gasteiger partial charge in [-0.25, -0.2) is 0 Å². The van der Waals surface area contributed by atoms with Crippen LogP contribution in [0.15, 0.2) is 59.5 Å². The van der Waals surface area contributed by atoms with Crippen LogP contribution in [0.1, 0.15) is 22.3 Å². The predicted octanol–water partition coefficient (Wildman–Crippen LogP) is 2.90. The van der Waals surface area contributed by atoms with Gasteiger partial charge in [-0.15, -0.1) is 11.8 Å². The molecule has 0 saturated carbocycles. The molecule has 0 unspecified atom stereocenters. The minimum Gasteiger partial charge on any atom is -0.508 e. The van der Waals surface area contributed by atoms with Gasteiger partial charge < -0.3 is 15.7 Å². The van der Waals surface area contributed by atoms with E-state index in [1.165, 1.54) is 17.3 Å².